The highest BCUT2D eigenvalue weighted by Crippen LogP contribution is 2.37. The number of hydrogen-bond donors (Lipinski definition) is 0. The lowest BCUT2D eigenvalue weighted by Gasteiger charge is -2.25. The second kappa shape index (κ2) is 5.81. The molecule has 1 aromatic carbocycles. The molecule has 0 bridgehead atoms. The summed E-state index contributed by atoms with van der Waals surface area (Å²) in [6, 6.07) is 12.2. The van der Waals surface area contributed by atoms with E-state index in [2.05, 4.69) is 22.0 Å². The maximum Gasteiger partial charge on any atom is 0.301 e. The van der Waals surface area contributed by atoms with E-state index in [1.54, 1.807) is 18.3 Å². The first-order valence-corrected chi connectivity index (χ1v) is 8.90. The SMILES string of the molecule is Cc1nc(N2CCCCC2)c2sc(-c3ccccc3)cc2[n+]1[O-]. The van der Waals surface area contributed by atoms with Crippen LogP contribution in [-0.4, -0.2) is 18.1 Å². The zero-order valence-corrected chi connectivity index (χ0v) is 14.0. The molecule has 4 nitrogen and oxygen atoms in total. The molecule has 118 valence electrons. The fourth-order valence-electron chi connectivity index (χ4n) is 3.18. The topological polar surface area (TPSA) is 43.1 Å². The number of benzene rings is 1. The van der Waals surface area contributed by atoms with Gasteiger partial charge < -0.3 is 10.1 Å². The van der Waals surface area contributed by atoms with Crippen molar-refractivity contribution < 1.29 is 4.73 Å². The molecule has 2 aromatic heterocycles. The Bertz CT molecular complexity index is 838. The van der Waals surface area contributed by atoms with E-state index in [1.807, 2.05) is 24.3 Å². The molecule has 5 heteroatoms. The Morgan fingerprint density at radius 2 is 1.87 bits per heavy atom. The summed E-state index contributed by atoms with van der Waals surface area (Å²) in [5.74, 6) is 1.51. The summed E-state index contributed by atoms with van der Waals surface area (Å²) >= 11 is 1.67. The molecule has 0 unspecified atom stereocenters. The zero-order chi connectivity index (χ0) is 15.8. The first-order valence-electron chi connectivity index (χ1n) is 8.08. The first kappa shape index (κ1) is 14.5. The van der Waals surface area contributed by atoms with Gasteiger partial charge in [-0.05, 0) is 29.8 Å². The van der Waals surface area contributed by atoms with Gasteiger partial charge in [-0.2, -0.15) is 0 Å². The Hall–Kier alpha value is -2.14. The van der Waals surface area contributed by atoms with E-state index in [9.17, 15) is 5.21 Å². The van der Waals surface area contributed by atoms with E-state index >= 15 is 0 Å². The summed E-state index contributed by atoms with van der Waals surface area (Å²) in [5, 5.41) is 12.5. The number of fused-ring (bicyclic) bond motifs is 1. The predicted octanol–water partition coefficient (Wildman–Crippen LogP) is 3.90. The van der Waals surface area contributed by atoms with Crippen molar-refractivity contribution in [2.75, 3.05) is 18.0 Å². The summed E-state index contributed by atoms with van der Waals surface area (Å²) < 4.78 is 1.97. The highest BCUT2D eigenvalue weighted by Gasteiger charge is 2.25. The van der Waals surface area contributed by atoms with Crippen LogP contribution in [0.1, 0.15) is 25.1 Å². The Morgan fingerprint density at radius 1 is 1.13 bits per heavy atom. The molecule has 3 aromatic rings. The molecule has 0 spiro atoms. The molecule has 1 aliphatic heterocycles. The normalized spacial score (nSPS) is 15.3. The molecular formula is C18H19N3OS. The van der Waals surface area contributed by atoms with Crippen LogP contribution in [0.2, 0.25) is 0 Å². The number of aryl methyl sites for hydroxylation is 1. The smallest absolute Gasteiger partial charge is 0.301 e. The van der Waals surface area contributed by atoms with Gasteiger partial charge >= 0.3 is 5.82 Å². The van der Waals surface area contributed by atoms with E-state index in [0.29, 0.717) is 5.82 Å². The highest BCUT2D eigenvalue weighted by molar-refractivity contribution is 7.22. The maximum absolute atomic E-state index is 12.5. The molecule has 0 amide bonds. The minimum atomic E-state index is 0.524. The molecule has 3 heterocycles. The van der Waals surface area contributed by atoms with Gasteiger partial charge in [0, 0.05) is 31.0 Å². The van der Waals surface area contributed by atoms with Crippen LogP contribution in [0.15, 0.2) is 36.4 Å². The highest BCUT2D eigenvalue weighted by atomic mass is 32.1. The fourth-order valence-corrected chi connectivity index (χ4v) is 4.34. The van der Waals surface area contributed by atoms with Crippen molar-refractivity contribution in [2.45, 2.75) is 26.2 Å². The average Bonchev–Trinajstić information content (AvgIpc) is 3.05. The maximum atomic E-state index is 12.5. The molecule has 0 saturated carbocycles. The van der Waals surface area contributed by atoms with Gasteiger partial charge in [-0.3, -0.25) is 0 Å². The summed E-state index contributed by atoms with van der Waals surface area (Å²) in [7, 11) is 0. The Morgan fingerprint density at radius 3 is 2.61 bits per heavy atom. The van der Waals surface area contributed by atoms with Crippen molar-refractivity contribution in [2.24, 2.45) is 0 Å². The monoisotopic (exact) mass is 325 g/mol. The summed E-state index contributed by atoms with van der Waals surface area (Å²) in [4.78, 5) is 8.08. The predicted molar refractivity (Wildman–Crippen MR) is 94.8 cm³/mol. The lowest BCUT2D eigenvalue weighted by Crippen LogP contribution is -2.36. The van der Waals surface area contributed by atoms with Gasteiger partial charge in [-0.1, -0.05) is 30.3 Å². The molecule has 4 rings (SSSR count). The third kappa shape index (κ3) is 2.55. The molecule has 0 N–H and O–H groups in total. The van der Waals surface area contributed by atoms with Gasteiger partial charge in [0.15, 0.2) is 5.52 Å². The van der Waals surface area contributed by atoms with Crippen LogP contribution >= 0.6 is 11.3 Å². The number of thiophene rings is 1. The largest absolute Gasteiger partial charge is 0.710 e. The van der Waals surface area contributed by atoms with Crippen molar-refractivity contribution in [1.82, 2.24) is 4.98 Å². The number of hydrogen-bond acceptors (Lipinski definition) is 4. The van der Waals surface area contributed by atoms with E-state index in [0.717, 1.165) is 44.3 Å². The van der Waals surface area contributed by atoms with Gasteiger partial charge in [0.25, 0.3) is 5.82 Å². The molecular weight excluding hydrogens is 306 g/mol. The number of piperidine rings is 1. The van der Waals surface area contributed by atoms with Gasteiger partial charge in [0.1, 0.15) is 4.70 Å². The molecule has 1 fully saturated rings. The molecule has 1 saturated heterocycles. The third-order valence-corrected chi connectivity index (χ3v) is 5.58. The minimum Gasteiger partial charge on any atom is -0.710 e. The van der Waals surface area contributed by atoms with Crippen LogP contribution in [0.4, 0.5) is 5.82 Å². The number of nitrogens with zero attached hydrogens (tertiary/aromatic N) is 3. The van der Waals surface area contributed by atoms with Crippen molar-refractivity contribution in [1.29, 1.82) is 0 Å². The van der Waals surface area contributed by atoms with Crippen LogP contribution in [0, 0.1) is 12.1 Å². The van der Waals surface area contributed by atoms with Gasteiger partial charge in [0.05, 0.1) is 0 Å². The van der Waals surface area contributed by atoms with Crippen molar-refractivity contribution in [3.05, 3.63) is 47.4 Å². The van der Waals surface area contributed by atoms with Crippen molar-refractivity contribution in [3.63, 3.8) is 0 Å². The summed E-state index contributed by atoms with van der Waals surface area (Å²) in [6.45, 7) is 3.85. The van der Waals surface area contributed by atoms with Crippen molar-refractivity contribution in [3.8, 4) is 10.4 Å². The standard InChI is InChI=1S/C18H19N3OS/c1-13-19-18(20-10-6-3-7-11-20)17-15(21(13)22)12-16(23-17)14-8-4-2-5-9-14/h2,4-5,8-9,12H,3,6-7,10-11H2,1H3. The van der Waals surface area contributed by atoms with Crippen molar-refractivity contribution >= 4 is 27.4 Å². The second-order valence-corrected chi connectivity index (χ2v) is 7.07. The Balaban J connectivity index is 1.89. The first-order chi connectivity index (χ1) is 11.2. The van der Waals surface area contributed by atoms with Crippen LogP contribution < -0.4 is 9.63 Å². The molecule has 0 aliphatic carbocycles. The number of anilines is 1. The van der Waals surface area contributed by atoms with Gasteiger partial charge in [0.2, 0.25) is 0 Å². The second-order valence-electron chi connectivity index (χ2n) is 6.02. The number of aromatic nitrogens is 2. The lowest BCUT2D eigenvalue weighted by atomic mass is 10.1. The van der Waals surface area contributed by atoms with E-state index in [4.69, 9.17) is 0 Å². The third-order valence-electron chi connectivity index (χ3n) is 4.41. The van der Waals surface area contributed by atoms with Crippen LogP contribution in [0.5, 0.6) is 0 Å². The van der Waals surface area contributed by atoms with Crippen LogP contribution in [-0.2, 0) is 0 Å². The van der Waals surface area contributed by atoms with Gasteiger partial charge in [-0.25, -0.2) is 4.73 Å². The van der Waals surface area contributed by atoms with E-state index in [-0.39, 0.29) is 0 Å². The Labute approximate surface area is 139 Å². The van der Waals surface area contributed by atoms with Gasteiger partial charge in [-0.15, -0.1) is 11.3 Å². The molecule has 1 aliphatic rings. The lowest BCUT2D eigenvalue weighted by molar-refractivity contribution is -0.587. The van der Waals surface area contributed by atoms with E-state index in [1.165, 1.54) is 19.3 Å². The number of rotatable bonds is 2. The molecule has 0 atom stereocenters. The summed E-state index contributed by atoms with van der Waals surface area (Å²) in [6.07, 6.45) is 3.68. The van der Waals surface area contributed by atoms with Crippen LogP contribution in [0.25, 0.3) is 20.7 Å². The molecule has 23 heavy (non-hydrogen) atoms. The average molecular weight is 325 g/mol. The quantitative estimate of drug-likeness (QED) is 0.530. The minimum absolute atomic E-state index is 0.524. The zero-order valence-electron chi connectivity index (χ0n) is 13.2. The Kier molecular flexibility index (Phi) is 3.65. The van der Waals surface area contributed by atoms with Crippen LogP contribution in [0.3, 0.4) is 0 Å². The van der Waals surface area contributed by atoms with E-state index < -0.39 is 0 Å². The molecule has 0 radical (unpaired) electrons. The summed E-state index contributed by atoms with van der Waals surface area (Å²) in [5.41, 5.74) is 1.89. The fraction of sp³-hybridized carbons (Fsp3) is 0.333.